The van der Waals surface area contributed by atoms with Gasteiger partial charge in [-0.3, -0.25) is 19.2 Å². The number of imide groups is 2. The smallest absolute Gasteiger partial charge is 0.325 e. The van der Waals surface area contributed by atoms with E-state index in [2.05, 4.69) is 0 Å². The number of thioether (sulfide) groups is 1. The van der Waals surface area contributed by atoms with Crippen molar-refractivity contribution in [1.29, 1.82) is 0 Å². The maximum Gasteiger partial charge on any atom is 0.363 e. The van der Waals surface area contributed by atoms with Gasteiger partial charge in [0.05, 0.1) is 11.1 Å². The number of hydrogen-bond donors (Lipinski definition) is 0. The van der Waals surface area contributed by atoms with Gasteiger partial charge in [-0.15, -0.1) is 21.9 Å². The molecule has 2 heterocycles. The van der Waals surface area contributed by atoms with Gasteiger partial charge in [0.2, 0.25) is 0 Å². The molecule has 4 amide bonds. The second kappa shape index (κ2) is 9.87. The number of amides is 4. The predicted molar refractivity (Wildman–Crippen MR) is 115 cm³/mol. The summed E-state index contributed by atoms with van der Waals surface area (Å²) in [6.45, 7) is 0. The molecule has 4 rings (SSSR count). The summed E-state index contributed by atoms with van der Waals surface area (Å²) in [6, 6.07) is 13.0. The van der Waals surface area contributed by atoms with Gasteiger partial charge in [0.25, 0.3) is 23.6 Å². The van der Waals surface area contributed by atoms with Crippen LogP contribution in [-0.4, -0.2) is 45.7 Å². The first kappa shape index (κ1) is 23.2. The standard InChI is InChI=1S/C23H18N2O8S/c26-18-7-8-19(27)24(18)32-22(30)15-4-1-3-14(11-15)13-34-17-6-2-5-16(12-17)23(31)33-25-20(28)9-10-21(25)29/h1-6,11-12H,7-10,13H2. The zero-order valence-corrected chi connectivity index (χ0v) is 18.5. The lowest BCUT2D eigenvalue weighted by molar-refractivity contribution is -0.173. The van der Waals surface area contributed by atoms with Crippen molar-refractivity contribution >= 4 is 47.3 Å². The topological polar surface area (TPSA) is 127 Å². The molecule has 34 heavy (non-hydrogen) atoms. The van der Waals surface area contributed by atoms with Crippen LogP contribution in [0.1, 0.15) is 52.0 Å². The lowest BCUT2D eigenvalue weighted by atomic mass is 10.1. The van der Waals surface area contributed by atoms with Gasteiger partial charge in [-0.1, -0.05) is 18.2 Å². The van der Waals surface area contributed by atoms with E-state index in [0.29, 0.717) is 15.9 Å². The van der Waals surface area contributed by atoms with Crippen molar-refractivity contribution in [1.82, 2.24) is 10.1 Å². The Hall–Kier alpha value is -3.99. The molecule has 0 aromatic heterocycles. The molecule has 0 unspecified atom stereocenters. The minimum atomic E-state index is -0.818. The average Bonchev–Trinajstić information content (AvgIpc) is 3.33. The molecular formula is C23H18N2O8S. The molecule has 2 fully saturated rings. The number of rotatable bonds is 7. The zero-order valence-electron chi connectivity index (χ0n) is 17.7. The summed E-state index contributed by atoms with van der Waals surface area (Å²) in [7, 11) is 0. The van der Waals surface area contributed by atoms with Crippen LogP contribution in [0.4, 0.5) is 0 Å². The molecule has 11 heteroatoms. The first-order valence-electron chi connectivity index (χ1n) is 10.3. The van der Waals surface area contributed by atoms with E-state index in [4.69, 9.17) is 9.68 Å². The van der Waals surface area contributed by atoms with Gasteiger partial charge in [-0.05, 0) is 35.9 Å². The molecule has 0 radical (unpaired) electrons. The summed E-state index contributed by atoms with van der Waals surface area (Å²) in [5.41, 5.74) is 1.12. The molecule has 2 aromatic carbocycles. The van der Waals surface area contributed by atoms with Gasteiger partial charge in [-0.2, -0.15) is 0 Å². The fraction of sp³-hybridized carbons (Fsp3) is 0.217. The first-order chi connectivity index (χ1) is 16.3. The number of benzene rings is 2. The molecular weight excluding hydrogens is 464 g/mol. The van der Waals surface area contributed by atoms with Crippen LogP contribution in [0, 0.1) is 0 Å². The van der Waals surface area contributed by atoms with E-state index in [0.717, 1.165) is 10.5 Å². The van der Waals surface area contributed by atoms with Crippen molar-refractivity contribution < 1.29 is 38.4 Å². The van der Waals surface area contributed by atoms with Gasteiger partial charge in [0.1, 0.15) is 0 Å². The second-order valence-electron chi connectivity index (χ2n) is 7.44. The van der Waals surface area contributed by atoms with E-state index in [1.54, 1.807) is 36.4 Å². The lowest BCUT2D eigenvalue weighted by Gasteiger charge is -2.13. The minimum Gasteiger partial charge on any atom is -0.325 e. The van der Waals surface area contributed by atoms with E-state index in [1.165, 1.54) is 23.9 Å². The molecule has 0 bridgehead atoms. The maximum atomic E-state index is 12.3. The Morgan fingerprint density at radius 3 is 1.71 bits per heavy atom. The Kier molecular flexibility index (Phi) is 6.73. The highest BCUT2D eigenvalue weighted by atomic mass is 32.2. The number of carbonyl (C=O) groups is 6. The van der Waals surface area contributed by atoms with Crippen LogP contribution in [-0.2, 0) is 34.6 Å². The zero-order chi connectivity index (χ0) is 24.2. The molecule has 2 aromatic rings. The van der Waals surface area contributed by atoms with Crippen LogP contribution in [0.5, 0.6) is 0 Å². The van der Waals surface area contributed by atoms with E-state index in [-0.39, 0.29) is 36.8 Å². The van der Waals surface area contributed by atoms with Crippen molar-refractivity contribution in [2.75, 3.05) is 0 Å². The summed E-state index contributed by atoms with van der Waals surface area (Å²) in [6.07, 6.45) is 0.0542. The van der Waals surface area contributed by atoms with Gasteiger partial charge in [0.15, 0.2) is 0 Å². The molecule has 0 spiro atoms. The van der Waals surface area contributed by atoms with E-state index in [1.807, 2.05) is 0 Å². The largest absolute Gasteiger partial charge is 0.363 e. The Bertz CT molecular complexity index is 1090. The predicted octanol–water partition coefficient (Wildman–Crippen LogP) is 2.42. The van der Waals surface area contributed by atoms with Gasteiger partial charge in [0, 0.05) is 36.3 Å². The molecule has 0 saturated carbocycles. The van der Waals surface area contributed by atoms with Crippen LogP contribution in [0.2, 0.25) is 0 Å². The van der Waals surface area contributed by atoms with E-state index < -0.39 is 35.6 Å². The van der Waals surface area contributed by atoms with Crippen molar-refractivity contribution in [3.63, 3.8) is 0 Å². The summed E-state index contributed by atoms with van der Waals surface area (Å²) < 4.78 is 0. The molecule has 0 atom stereocenters. The third-order valence-corrected chi connectivity index (χ3v) is 6.06. The normalized spacial score (nSPS) is 15.8. The van der Waals surface area contributed by atoms with Crippen LogP contribution in [0.3, 0.4) is 0 Å². The van der Waals surface area contributed by atoms with Crippen LogP contribution < -0.4 is 0 Å². The van der Waals surface area contributed by atoms with Crippen LogP contribution >= 0.6 is 11.8 Å². The summed E-state index contributed by atoms with van der Waals surface area (Å²) in [5.74, 6) is -3.41. The molecule has 2 aliphatic rings. The van der Waals surface area contributed by atoms with Crippen molar-refractivity contribution in [2.45, 2.75) is 36.3 Å². The molecule has 174 valence electrons. The quantitative estimate of drug-likeness (QED) is 0.432. The van der Waals surface area contributed by atoms with E-state index >= 15 is 0 Å². The van der Waals surface area contributed by atoms with Crippen LogP contribution in [0.25, 0.3) is 0 Å². The molecule has 0 N–H and O–H groups in total. The highest BCUT2D eigenvalue weighted by Gasteiger charge is 2.34. The lowest BCUT2D eigenvalue weighted by Crippen LogP contribution is -2.32. The Morgan fingerprint density at radius 2 is 1.18 bits per heavy atom. The summed E-state index contributed by atoms with van der Waals surface area (Å²) in [5, 5.41) is 0.994. The maximum absolute atomic E-state index is 12.3. The summed E-state index contributed by atoms with van der Waals surface area (Å²) >= 11 is 1.38. The Balaban J connectivity index is 1.37. The van der Waals surface area contributed by atoms with Gasteiger partial charge < -0.3 is 9.68 Å². The Labute approximate surface area is 197 Å². The van der Waals surface area contributed by atoms with Crippen molar-refractivity contribution in [3.05, 3.63) is 65.2 Å². The average molecular weight is 482 g/mol. The molecule has 0 aliphatic carbocycles. The Morgan fingerprint density at radius 1 is 0.706 bits per heavy atom. The molecule has 2 aliphatic heterocycles. The number of nitrogens with zero attached hydrogens (tertiary/aromatic N) is 2. The number of carbonyl (C=O) groups excluding carboxylic acids is 6. The third-order valence-electron chi connectivity index (χ3n) is 5.00. The molecule has 10 nitrogen and oxygen atoms in total. The fourth-order valence-corrected chi connectivity index (χ4v) is 4.15. The van der Waals surface area contributed by atoms with Gasteiger partial charge in [-0.25, -0.2) is 9.59 Å². The molecule has 2 saturated heterocycles. The number of hydroxylamine groups is 4. The highest BCUT2D eigenvalue weighted by molar-refractivity contribution is 7.98. The third kappa shape index (κ3) is 5.15. The summed E-state index contributed by atoms with van der Waals surface area (Å²) in [4.78, 5) is 81.8. The van der Waals surface area contributed by atoms with Crippen LogP contribution in [0.15, 0.2) is 53.4 Å². The SMILES string of the molecule is O=C(ON1C(=O)CCC1=O)c1cccc(CSc2cccc(C(=O)ON3C(=O)CCC3=O)c2)c1. The number of hydrogen-bond acceptors (Lipinski definition) is 9. The van der Waals surface area contributed by atoms with Crippen molar-refractivity contribution in [2.24, 2.45) is 0 Å². The van der Waals surface area contributed by atoms with E-state index in [9.17, 15) is 28.8 Å². The first-order valence-corrected chi connectivity index (χ1v) is 11.3. The second-order valence-corrected chi connectivity index (χ2v) is 8.49. The minimum absolute atomic E-state index is 0.0132. The van der Waals surface area contributed by atoms with Gasteiger partial charge >= 0.3 is 11.9 Å². The monoisotopic (exact) mass is 482 g/mol. The highest BCUT2D eigenvalue weighted by Crippen LogP contribution is 2.25. The van der Waals surface area contributed by atoms with Crippen molar-refractivity contribution in [3.8, 4) is 0 Å². The fourth-order valence-electron chi connectivity index (χ4n) is 3.25.